The third kappa shape index (κ3) is 3.08. The molecule has 2 aromatic heterocycles. The van der Waals surface area contributed by atoms with Gasteiger partial charge in [0.1, 0.15) is 6.54 Å². The zero-order valence-corrected chi connectivity index (χ0v) is 16.1. The van der Waals surface area contributed by atoms with Gasteiger partial charge in [0.05, 0.1) is 10.7 Å². The summed E-state index contributed by atoms with van der Waals surface area (Å²) in [6.45, 7) is 1.11. The Hall–Kier alpha value is -1.70. The van der Waals surface area contributed by atoms with Gasteiger partial charge in [-0.3, -0.25) is 9.48 Å². The van der Waals surface area contributed by atoms with Crippen LogP contribution in [0.25, 0.3) is 0 Å². The zero-order chi connectivity index (χ0) is 17.7. The van der Waals surface area contributed by atoms with E-state index in [0.29, 0.717) is 17.8 Å². The van der Waals surface area contributed by atoms with Crippen molar-refractivity contribution in [3.05, 3.63) is 28.6 Å². The number of hydrogen-bond donors (Lipinski definition) is 1. The highest BCUT2D eigenvalue weighted by Crippen LogP contribution is 2.59. The summed E-state index contributed by atoms with van der Waals surface area (Å²) in [6, 6.07) is 0. The van der Waals surface area contributed by atoms with Gasteiger partial charge in [-0.15, -0.1) is 0 Å². The number of halogens is 1. The average Bonchev–Trinajstić information content (AvgIpc) is 3.21. The Bertz CT molecular complexity index is 794. The highest BCUT2D eigenvalue weighted by Gasteiger charge is 2.50. The zero-order valence-electron chi connectivity index (χ0n) is 14.5. The van der Waals surface area contributed by atoms with Crippen molar-refractivity contribution in [3.63, 3.8) is 0 Å². The summed E-state index contributed by atoms with van der Waals surface area (Å²) in [5, 5.41) is 11.1. The summed E-state index contributed by atoms with van der Waals surface area (Å²) in [5.41, 5.74) is 0.300. The first kappa shape index (κ1) is 16.5. The lowest BCUT2D eigenvalue weighted by Gasteiger charge is -2.56. The summed E-state index contributed by atoms with van der Waals surface area (Å²) < 4.78 is 7.72. The van der Waals surface area contributed by atoms with Crippen LogP contribution in [0.2, 0.25) is 0 Å². The summed E-state index contributed by atoms with van der Waals surface area (Å²) in [5.74, 6) is 2.85. The quantitative estimate of drug-likeness (QED) is 0.804. The third-order valence-corrected chi connectivity index (χ3v) is 6.77. The summed E-state index contributed by atoms with van der Waals surface area (Å²) in [4.78, 5) is 16.7. The minimum Gasteiger partial charge on any atom is -0.347 e. The van der Waals surface area contributed by atoms with Crippen LogP contribution in [0.1, 0.15) is 55.0 Å². The van der Waals surface area contributed by atoms with E-state index in [0.717, 1.165) is 28.8 Å². The van der Waals surface area contributed by atoms with Gasteiger partial charge in [-0.05, 0) is 77.6 Å². The van der Waals surface area contributed by atoms with Crippen molar-refractivity contribution in [1.29, 1.82) is 0 Å². The van der Waals surface area contributed by atoms with Crippen LogP contribution < -0.4 is 5.32 Å². The molecule has 4 aliphatic rings. The Balaban J connectivity index is 1.21. The Morgan fingerprint density at radius 2 is 1.96 bits per heavy atom. The number of hydrogen-bond acceptors (Lipinski definition) is 5. The van der Waals surface area contributed by atoms with Gasteiger partial charge in [-0.2, -0.15) is 10.1 Å². The molecule has 0 saturated heterocycles. The van der Waals surface area contributed by atoms with Crippen LogP contribution in [0, 0.1) is 23.2 Å². The molecule has 6 rings (SSSR count). The van der Waals surface area contributed by atoms with Gasteiger partial charge in [0.25, 0.3) is 0 Å². The first-order valence-electron chi connectivity index (χ1n) is 9.36. The van der Waals surface area contributed by atoms with E-state index in [4.69, 9.17) is 4.52 Å². The molecular formula is C18H22BrN5O2. The molecule has 2 heterocycles. The predicted molar refractivity (Wildman–Crippen MR) is 96.3 cm³/mol. The second-order valence-electron chi connectivity index (χ2n) is 8.47. The summed E-state index contributed by atoms with van der Waals surface area (Å²) >= 11 is 3.35. The largest absolute Gasteiger partial charge is 0.347 e. The van der Waals surface area contributed by atoms with Crippen molar-refractivity contribution in [1.82, 2.24) is 25.2 Å². The fourth-order valence-corrected chi connectivity index (χ4v) is 6.16. The van der Waals surface area contributed by atoms with Crippen LogP contribution >= 0.6 is 15.9 Å². The van der Waals surface area contributed by atoms with Crippen molar-refractivity contribution < 1.29 is 9.32 Å². The van der Waals surface area contributed by atoms with E-state index in [9.17, 15) is 4.79 Å². The molecule has 26 heavy (non-hydrogen) atoms. The molecule has 0 aliphatic heterocycles. The lowest BCUT2D eigenvalue weighted by Crippen LogP contribution is -2.51. The topological polar surface area (TPSA) is 85.8 Å². The van der Waals surface area contributed by atoms with Gasteiger partial charge in [0, 0.05) is 12.7 Å². The molecule has 0 radical (unpaired) electrons. The van der Waals surface area contributed by atoms with E-state index in [1.165, 1.54) is 38.5 Å². The van der Waals surface area contributed by atoms with Gasteiger partial charge in [-0.1, -0.05) is 5.16 Å². The van der Waals surface area contributed by atoms with Crippen molar-refractivity contribution in [2.24, 2.45) is 23.2 Å². The Morgan fingerprint density at radius 1 is 1.27 bits per heavy atom. The number of carbonyl (C=O) groups is 1. The van der Waals surface area contributed by atoms with Gasteiger partial charge in [-0.25, -0.2) is 0 Å². The molecule has 0 atom stereocenters. The monoisotopic (exact) mass is 419 g/mol. The molecule has 0 unspecified atom stereocenters. The molecule has 1 amide bonds. The van der Waals surface area contributed by atoms with Crippen LogP contribution in [0.15, 0.2) is 21.4 Å². The van der Waals surface area contributed by atoms with E-state index >= 15 is 0 Å². The molecule has 1 N–H and O–H groups in total. The van der Waals surface area contributed by atoms with E-state index in [-0.39, 0.29) is 11.8 Å². The van der Waals surface area contributed by atoms with Crippen molar-refractivity contribution >= 4 is 21.8 Å². The second kappa shape index (κ2) is 6.18. The van der Waals surface area contributed by atoms with Crippen LogP contribution in [0.5, 0.6) is 0 Å². The number of nitrogens with zero attached hydrogens (tertiary/aromatic N) is 4. The fraction of sp³-hybridized carbons (Fsp3) is 0.667. The van der Waals surface area contributed by atoms with E-state index in [2.05, 4.69) is 36.5 Å². The molecule has 4 bridgehead atoms. The van der Waals surface area contributed by atoms with E-state index in [1.807, 2.05) is 6.20 Å². The van der Waals surface area contributed by atoms with Crippen molar-refractivity contribution in [2.75, 3.05) is 6.54 Å². The van der Waals surface area contributed by atoms with Crippen molar-refractivity contribution in [3.8, 4) is 0 Å². The Kier molecular flexibility index (Phi) is 3.92. The standard InChI is InChI=1S/C18H22BrN5O2/c19-14-7-21-24(8-14)9-15-22-17(26-23-15)16(25)20-10-18-4-11-1-12(5-18)3-13(2-11)6-18/h7-8,11-13H,1-6,9-10H2,(H,20,25). The minimum absolute atomic E-state index is 0.0379. The predicted octanol–water partition coefficient (Wildman–Crippen LogP) is 3.02. The van der Waals surface area contributed by atoms with E-state index in [1.54, 1.807) is 10.9 Å². The maximum absolute atomic E-state index is 12.5. The summed E-state index contributed by atoms with van der Waals surface area (Å²) in [7, 11) is 0. The molecule has 4 fully saturated rings. The molecule has 0 aromatic carbocycles. The smallest absolute Gasteiger partial charge is 0.316 e. The Labute approximate surface area is 160 Å². The first-order valence-corrected chi connectivity index (χ1v) is 10.1. The maximum Gasteiger partial charge on any atom is 0.316 e. The lowest BCUT2D eigenvalue weighted by molar-refractivity contribution is -0.0504. The molecule has 2 aromatic rings. The number of nitrogens with one attached hydrogen (secondary N) is 1. The number of amides is 1. The normalized spacial score (nSPS) is 32.1. The number of rotatable bonds is 5. The molecule has 4 saturated carbocycles. The Morgan fingerprint density at radius 3 is 2.58 bits per heavy atom. The third-order valence-electron chi connectivity index (χ3n) is 6.36. The molecule has 7 nitrogen and oxygen atoms in total. The molecule has 4 aliphatic carbocycles. The van der Waals surface area contributed by atoms with E-state index < -0.39 is 0 Å². The molecular weight excluding hydrogens is 398 g/mol. The van der Waals surface area contributed by atoms with Gasteiger partial charge < -0.3 is 9.84 Å². The van der Waals surface area contributed by atoms with Crippen LogP contribution in [0.3, 0.4) is 0 Å². The SMILES string of the molecule is O=C(NCC12CC3CC(CC(C3)C1)C2)c1nc(Cn2cc(Br)cn2)no1. The minimum atomic E-state index is -0.263. The number of aromatic nitrogens is 4. The van der Waals surface area contributed by atoms with Crippen LogP contribution in [-0.4, -0.2) is 32.4 Å². The van der Waals surface area contributed by atoms with Gasteiger partial charge in [0.15, 0.2) is 5.82 Å². The van der Waals surface area contributed by atoms with Gasteiger partial charge >= 0.3 is 11.8 Å². The van der Waals surface area contributed by atoms with Crippen LogP contribution in [0.4, 0.5) is 0 Å². The highest BCUT2D eigenvalue weighted by molar-refractivity contribution is 9.10. The highest BCUT2D eigenvalue weighted by atomic mass is 79.9. The number of carbonyl (C=O) groups excluding carboxylic acids is 1. The van der Waals surface area contributed by atoms with Crippen molar-refractivity contribution in [2.45, 2.75) is 45.1 Å². The maximum atomic E-state index is 12.5. The second-order valence-corrected chi connectivity index (χ2v) is 9.39. The first-order chi connectivity index (χ1) is 12.6. The molecule has 138 valence electrons. The lowest BCUT2D eigenvalue weighted by atomic mass is 9.49. The fourth-order valence-electron chi connectivity index (χ4n) is 5.83. The average molecular weight is 420 g/mol. The molecule has 8 heteroatoms. The molecule has 0 spiro atoms. The van der Waals surface area contributed by atoms with Gasteiger partial charge in [0.2, 0.25) is 0 Å². The summed E-state index contributed by atoms with van der Waals surface area (Å²) in [6.07, 6.45) is 11.5. The van der Waals surface area contributed by atoms with Crippen LogP contribution in [-0.2, 0) is 6.54 Å².